The summed E-state index contributed by atoms with van der Waals surface area (Å²) in [5.74, 6) is 0. The van der Waals surface area contributed by atoms with Crippen LogP contribution in [0.15, 0.2) is 0 Å². The summed E-state index contributed by atoms with van der Waals surface area (Å²) in [7, 11) is 0. The van der Waals surface area contributed by atoms with E-state index in [2.05, 4.69) is 51.3 Å². The lowest BCUT2D eigenvalue weighted by Gasteiger charge is -2.56. The van der Waals surface area contributed by atoms with E-state index >= 15 is 0 Å². The smallest absolute Gasteiger partial charge is 0.0569 e. The van der Waals surface area contributed by atoms with Crippen molar-refractivity contribution in [1.82, 2.24) is 9.80 Å². The van der Waals surface area contributed by atoms with E-state index in [1.165, 1.54) is 32.5 Å². The highest BCUT2D eigenvalue weighted by Crippen LogP contribution is 2.64. The summed E-state index contributed by atoms with van der Waals surface area (Å²) in [6.45, 7) is 20.4. The average molecular weight is 306 g/mol. The van der Waals surface area contributed by atoms with Crippen LogP contribution in [0.3, 0.4) is 0 Å². The zero-order valence-corrected chi connectivity index (χ0v) is 15.4. The van der Waals surface area contributed by atoms with Crippen LogP contribution in [0.2, 0.25) is 0 Å². The van der Waals surface area contributed by atoms with Gasteiger partial charge >= 0.3 is 0 Å². The van der Waals surface area contributed by atoms with E-state index in [1.807, 2.05) is 0 Å². The van der Waals surface area contributed by atoms with Crippen LogP contribution >= 0.6 is 0 Å². The molecule has 3 nitrogen and oxygen atoms in total. The van der Waals surface area contributed by atoms with Gasteiger partial charge in [-0.2, -0.15) is 0 Å². The standard InChI is InChI=1S/C19H34N2O/c1-16(2,3)14-7-19(8-15(19)21(14)17(4,5)6)11-20-9-18(10-20)12-22-13-18/h14-15H,7-13H2,1-6H3/t14?,15-,19+/m1/s1. The van der Waals surface area contributed by atoms with Crippen LogP contribution in [-0.2, 0) is 4.74 Å². The molecular formula is C19H34N2O. The van der Waals surface area contributed by atoms with Gasteiger partial charge in [0.25, 0.3) is 0 Å². The molecule has 3 aliphatic heterocycles. The lowest BCUT2D eigenvalue weighted by atomic mass is 9.76. The van der Waals surface area contributed by atoms with Gasteiger partial charge in [-0.1, -0.05) is 20.8 Å². The first-order valence-corrected chi connectivity index (χ1v) is 9.13. The highest BCUT2D eigenvalue weighted by molar-refractivity contribution is 5.22. The fourth-order valence-corrected chi connectivity index (χ4v) is 5.57. The molecule has 4 fully saturated rings. The van der Waals surface area contributed by atoms with Crippen LogP contribution < -0.4 is 0 Å². The minimum absolute atomic E-state index is 0.291. The lowest BCUT2D eigenvalue weighted by molar-refractivity contribution is -0.191. The number of hydrogen-bond donors (Lipinski definition) is 0. The molecule has 0 aromatic heterocycles. The van der Waals surface area contributed by atoms with E-state index in [1.54, 1.807) is 0 Å². The number of likely N-dealkylation sites (tertiary alicyclic amines) is 2. The van der Waals surface area contributed by atoms with Crippen LogP contribution in [0.1, 0.15) is 54.4 Å². The van der Waals surface area contributed by atoms with Gasteiger partial charge < -0.3 is 9.64 Å². The van der Waals surface area contributed by atoms with Gasteiger partial charge in [-0.15, -0.1) is 0 Å². The Bertz CT molecular complexity index is 463. The van der Waals surface area contributed by atoms with E-state index in [0.29, 0.717) is 21.8 Å². The molecule has 22 heavy (non-hydrogen) atoms. The van der Waals surface area contributed by atoms with Gasteiger partial charge in [0.1, 0.15) is 0 Å². The number of piperidine rings is 1. The fourth-order valence-electron chi connectivity index (χ4n) is 5.57. The monoisotopic (exact) mass is 306 g/mol. The van der Waals surface area contributed by atoms with Gasteiger partial charge in [-0.25, -0.2) is 0 Å². The Morgan fingerprint density at radius 3 is 2.05 bits per heavy atom. The summed E-state index contributed by atoms with van der Waals surface area (Å²) in [5, 5.41) is 0. The predicted octanol–water partition coefficient (Wildman–Crippen LogP) is 3.00. The molecule has 1 aliphatic carbocycles. The first kappa shape index (κ1) is 15.4. The third-order valence-corrected chi connectivity index (χ3v) is 6.67. The largest absolute Gasteiger partial charge is 0.380 e. The third-order valence-electron chi connectivity index (χ3n) is 6.67. The maximum atomic E-state index is 5.42. The van der Waals surface area contributed by atoms with Crippen molar-refractivity contribution in [3.05, 3.63) is 0 Å². The van der Waals surface area contributed by atoms with E-state index < -0.39 is 0 Å². The second-order valence-corrected chi connectivity index (χ2v) is 10.9. The molecule has 3 heteroatoms. The van der Waals surface area contributed by atoms with Crippen LogP contribution in [0.4, 0.5) is 0 Å². The average Bonchev–Trinajstić information content (AvgIpc) is 2.82. The molecule has 1 saturated carbocycles. The van der Waals surface area contributed by atoms with Crippen molar-refractivity contribution in [2.24, 2.45) is 16.2 Å². The second kappa shape index (κ2) is 4.29. The van der Waals surface area contributed by atoms with Crippen LogP contribution in [0.25, 0.3) is 0 Å². The Labute approximate surface area is 136 Å². The number of rotatable bonds is 2. The molecular weight excluding hydrogens is 272 g/mol. The Morgan fingerprint density at radius 2 is 1.64 bits per heavy atom. The van der Waals surface area contributed by atoms with Crippen molar-refractivity contribution in [3.63, 3.8) is 0 Å². The van der Waals surface area contributed by atoms with E-state index in [4.69, 9.17) is 4.74 Å². The van der Waals surface area contributed by atoms with Crippen LogP contribution in [0.5, 0.6) is 0 Å². The lowest BCUT2D eigenvalue weighted by Crippen LogP contribution is -2.66. The summed E-state index contributed by atoms with van der Waals surface area (Å²) in [5.41, 5.74) is 1.83. The molecule has 4 aliphatic rings. The summed E-state index contributed by atoms with van der Waals surface area (Å²) in [4.78, 5) is 5.59. The molecule has 0 aromatic carbocycles. The van der Waals surface area contributed by atoms with Crippen molar-refractivity contribution in [1.29, 1.82) is 0 Å². The van der Waals surface area contributed by atoms with Crippen LogP contribution in [-0.4, -0.2) is 60.3 Å². The third kappa shape index (κ3) is 2.19. The zero-order valence-electron chi connectivity index (χ0n) is 15.4. The molecule has 126 valence electrons. The highest BCUT2D eigenvalue weighted by atomic mass is 16.5. The number of fused-ring (bicyclic) bond motifs is 1. The van der Waals surface area contributed by atoms with Gasteiger partial charge in [0.2, 0.25) is 0 Å². The van der Waals surface area contributed by atoms with Crippen molar-refractivity contribution in [2.75, 3.05) is 32.8 Å². The summed E-state index contributed by atoms with van der Waals surface area (Å²) in [6.07, 6.45) is 2.83. The SMILES string of the molecule is CC(C)(C)C1C[C@@]2(CN3CC4(COC4)C3)C[C@H]2N1C(C)(C)C. The van der Waals surface area contributed by atoms with Crippen molar-refractivity contribution >= 4 is 0 Å². The number of nitrogens with zero attached hydrogens (tertiary/aromatic N) is 2. The Balaban J connectivity index is 1.46. The highest BCUT2D eigenvalue weighted by Gasteiger charge is 2.68. The molecule has 4 rings (SSSR count). The van der Waals surface area contributed by atoms with Gasteiger partial charge in [-0.05, 0) is 39.0 Å². The maximum absolute atomic E-state index is 5.42. The maximum Gasteiger partial charge on any atom is 0.0569 e. The van der Waals surface area contributed by atoms with Gasteiger partial charge in [0.15, 0.2) is 0 Å². The molecule has 3 heterocycles. The number of ether oxygens (including phenoxy) is 1. The molecule has 0 radical (unpaired) electrons. The van der Waals surface area contributed by atoms with E-state index in [0.717, 1.165) is 25.3 Å². The van der Waals surface area contributed by atoms with Crippen molar-refractivity contribution in [3.8, 4) is 0 Å². The predicted molar refractivity (Wildman–Crippen MR) is 90.0 cm³/mol. The Kier molecular flexibility index (Phi) is 3.00. The Hall–Kier alpha value is -0.120. The minimum Gasteiger partial charge on any atom is -0.380 e. The van der Waals surface area contributed by atoms with Gasteiger partial charge in [0, 0.05) is 48.1 Å². The van der Waals surface area contributed by atoms with Crippen LogP contribution in [0, 0.1) is 16.2 Å². The first-order valence-electron chi connectivity index (χ1n) is 9.13. The molecule has 1 spiro atoms. The zero-order chi connectivity index (χ0) is 16.0. The molecule has 3 saturated heterocycles. The van der Waals surface area contributed by atoms with E-state index in [9.17, 15) is 0 Å². The summed E-state index contributed by atoms with van der Waals surface area (Å²) in [6, 6.07) is 1.56. The topological polar surface area (TPSA) is 15.7 Å². The minimum atomic E-state index is 0.291. The molecule has 1 unspecified atom stereocenters. The summed E-state index contributed by atoms with van der Waals surface area (Å²) < 4.78 is 5.42. The second-order valence-electron chi connectivity index (χ2n) is 10.9. The van der Waals surface area contributed by atoms with Gasteiger partial charge in [0.05, 0.1) is 13.2 Å². The molecule has 0 aromatic rings. The number of hydrogen-bond acceptors (Lipinski definition) is 3. The van der Waals surface area contributed by atoms with Gasteiger partial charge in [-0.3, -0.25) is 4.90 Å². The van der Waals surface area contributed by atoms with E-state index in [-0.39, 0.29) is 0 Å². The normalized spacial score (nSPS) is 41.2. The molecule has 0 N–H and O–H groups in total. The Morgan fingerprint density at radius 1 is 1.00 bits per heavy atom. The summed E-state index contributed by atoms with van der Waals surface area (Å²) >= 11 is 0. The first-order chi connectivity index (χ1) is 10.0. The van der Waals surface area contributed by atoms with Crippen molar-refractivity contribution in [2.45, 2.75) is 72.0 Å². The fraction of sp³-hybridized carbons (Fsp3) is 1.00. The molecule has 0 amide bonds. The molecule has 3 atom stereocenters. The quantitative estimate of drug-likeness (QED) is 0.780. The molecule has 0 bridgehead atoms. The van der Waals surface area contributed by atoms with Crippen molar-refractivity contribution < 1.29 is 4.74 Å².